The van der Waals surface area contributed by atoms with Gasteiger partial charge in [-0.1, -0.05) is 6.07 Å². The molecule has 8 heteroatoms. The maximum Gasteiger partial charge on any atom is 0.335 e. The van der Waals surface area contributed by atoms with E-state index in [1.165, 1.54) is 31.2 Å². The lowest BCUT2D eigenvalue weighted by molar-refractivity contribution is -0.114. The molecular formula is C16H16N2O5S. The summed E-state index contributed by atoms with van der Waals surface area (Å²) in [5.74, 6) is -1.42. The summed E-state index contributed by atoms with van der Waals surface area (Å²) in [4.78, 5) is 21.9. The lowest BCUT2D eigenvalue weighted by atomic mass is 10.1. The van der Waals surface area contributed by atoms with Crippen LogP contribution < -0.4 is 10.0 Å². The Morgan fingerprint density at radius 1 is 1.00 bits per heavy atom. The second-order valence-corrected chi connectivity index (χ2v) is 6.83. The number of rotatable bonds is 5. The Morgan fingerprint density at radius 2 is 1.58 bits per heavy atom. The fraction of sp³-hybridized carbons (Fsp3) is 0.125. The number of hydrogen-bond donors (Lipinski definition) is 3. The molecule has 2 aromatic carbocycles. The van der Waals surface area contributed by atoms with Gasteiger partial charge in [0.2, 0.25) is 5.91 Å². The van der Waals surface area contributed by atoms with Crippen molar-refractivity contribution in [1.82, 2.24) is 0 Å². The van der Waals surface area contributed by atoms with Crippen LogP contribution >= 0.6 is 0 Å². The van der Waals surface area contributed by atoms with E-state index in [4.69, 9.17) is 5.11 Å². The SMILES string of the molecule is CC(=O)Nc1ccc(NS(=O)(=O)c2ccc(C)c(C(=O)O)c2)cc1. The number of carboxylic acids is 1. The zero-order valence-electron chi connectivity index (χ0n) is 13.0. The summed E-state index contributed by atoms with van der Waals surface area (Å²) in [5, 5.41) is 11.7. The molecular weight excluding hydrogens is 332 g/mol. The van der Waals surface area contributed by atoms with E-state index >= 15 is 0 Å². The van der Waals surface area contributed by atoms with Crippen molar-refractivity contribution in [1.29, 1.82) is 0 Å². The second kappa shape index (κ2) is 6.71. The molecule has 0 atom stereocenters. The van der Waals surface area contributed by atoms with Crippen molar-refractivity contribution in [3.63, 3.8) is 0 Å². The molecule has 126 valence electrons. The molecule has 1 amide bonds. The number of anilines is 2. The Bertz CT molecular complexity index is 889. The average molecular weight is 348 g/mol. The number of nitrogens with one attached hydrogen (secondary N) is 2. The Hall–Kier alpha value is -2.87. The van der Waals surface area contributed by atoms with E-state index in [0.29, 0.717) is 16.9 Å². The molecule has 24 heavy (non-hydrogen) atoms. The molecule has 0 aromatic heterocycles. The standard InChI is InChI=1S/C16H16N2O5S/c1-10-3-8-14(9-15(10)16(20)21)24(22,23)18-13-6-4-12(5-7-13)17-11(2)19/h3-9,18H,1-2H3,(H,17,19)(H,20,21). The number of sulfonamides is 1. The van der Waals surface area contributed by atoms with E-state index in [-0.39, 0.29) is 16.4 Å². The normalized spacial score (nSPS) is 10.9. The number of carbonyl (C=O) groups excluding carboxylic acids is 1. The van der Waals surface area contributed by atoms with Gasteiger partial charge in [0.25, 0.3) is 10.0 Å². The second-order valence-electron chi connectivity index (χ2n) is 5.15. The molecule has 0 bridgehead atoms. The minimum atomic E-state index is -3.92. The number of aryl methyl sites for hydroxylation is 1. The van der Waals surface area contributed by atoms with Crippen LogP contribution in [-0.2, 0) is 14.8 Å². The van der Waals surface area contributed by atoms with Crippen LogP contribution in [0.1, 0.15) is 22.8 Å². The topological polar surface area (TPSA) is 113 Å². The van der Waals surface area contributed by atoms with Crippen molar-refractivity contribution in [2.45, 2.75) is 18.7 Å². The maximum absolute atomic E-state index is 12.4. The highest BCUT2D eigenvalue weighted by Crippen LogP contribution is 2.20. The Labute approximate surface area is 139 Å². The summed E-state index contributed by atoms with van der Waals surface area (Å²) >= 11 is 0. The highest BCUT2D eigenvalue weighted by atomic mass is 32.2. The quantitative estimate of drug-likeness (QED) is 0.768. The molecule has 0 aliphatic heterocycles. The number of carbonyl (C=O) groups is 2. The largest absolute Gasteiger partial charge is 0.478 e. The van der Waals surface area contributed by atoms with E-state index in [0.717, 1.165) is 6.07 Å². The minimum Gasteiger partial charge on any atom is -0.478 e. The molecule has 7 nitrogen and oxygen atoms in total. The van der Waals surface area contributed by atoms with Gasteiger partial charge in [-0.2, -0.15) is 0 Å². The molecule has 0 aliphatic carbocycles. The first-order valence-corrected chi connectivity index (χ1v) is 8.42. The molecule has 2 aromatic rings. The fourth-order valence-electron chi connectivity index (χ4n) is 2.04. The van der Waals surface area contributed by atoms with Crippen LogP contribution in [0.25, 0.3) is 0 Å². The Balaban J connectivity index is 2.27. The third-order valence-corrected chi connectivity index (χ3v) is 4.59. The summed E-state index contributed by atoms with van der Waals surface area (Å²) in [5.41, 5.74) is 1.23. The molecule has 0 fully saturated rings. The van der Waals surface area contributed by atoms with Crippen molar-refractivity contribution >= 4 is 33.3 Å². The number of carboxylic acid groups (broad SMARTS) is 1. The van der Waals surface area contributed by atoms with Gasteiger partial charge in [0, 0.05) is 18.3 Å². The molecule has 0 radical (unpaired) electrons. The average Bonchev–Trinajstić information content (AvgIpc) is 2.48. The van der Waals surface area contributed by atoms with Gasteiger partial charge in [0.1, 0.15) is 0 Å². The molecule has 0 heterocycles. The van der Waals surface area contributed by atoms with Gasteiger partial charge < -0.3 is 10.4 Å². The molecule has 0 saturated carbocycles. The van der Waals surface area contributed by atoms with Crippen molar-refractivity contribution in [2.24, 2.45) is 0 Å². The zero-order chi connectivity index (χ0) is 17.9. The highest BCUT2D eigenvalue weighted by molar-refractivity contribution is 7.92. The van der Waals surface area contributed by atoms with E-state index in [2.05, 4.69) is 10.0 Å². The maximum atomic E-state index is 12.4. The van der Waals surface area contributed by atoms with Crippen LogP contribution in [0.5, 0.6) is 0 Å². The zero-order valence-corrected chi connectivity index (χ0v) is 13.8. The number of benzene rings is 2. The van der Waals surface area contributed by atoms with Gasteiger partial charge in [0.15, 0.2) is 0 Å². The predicted molar refractivity (Wildman–Crippen MR) is 89.7 cm³/mol. The minimum absolute atomic E-state index is 0.0705. The van der Waals surface area contributed by atoms with Crippen LogP contribution in [-0.4, -0.2) is 25.4 Å². The number of amides is 1. The van der Waals surface area contributed by atoms with Crippen LogP contribution in [0.4, 0.5) is 11.4 Å². The molecule has 2 rings (SSSR count). The van der Waals surface area contributed by atoms with Gasteiger partial charge in [-0.15, -0.1) is 0 Å². The lowest BCUT2D eigenvalue weighted by Crippen LogP contribution is -2.14. The highest BCUT2D eigenvalue weighted by Gasteiger charge is 2.18. The fourth-order valence-corrected chi connectivity index (χ4v) is 3.12. The van der Waals surface area contributed by atoms with Crippen molar-refractivity contribution < 1.29 is 23.1 Å². The predicted octanol–water partition coefficient (Wildman–Crippen LogP) is 2.45. The number of aromatic carboxylic acids is 1. The van der Waals surface area contributed by atoms with Crippen molar-refractivity contribution in [3.05, 3.63) is 53.6 Å². The van der Waals surface area contributed by atoms with Gasteiger partial charge in [0.05, 0.1) is 10.5 Å². The Kier molecular flexibility index (Phi) is 4.89. The monoisotopic (exact) mass is 348 g/mol. The van der Waals surface area contributed by atoms with Crippen LogP contribution in [0.15, 0.2) is 47.4 Å². The van der Waals surface area contributed by atoms with Gasteiger partial charge in [-0.05, 0) is 48.9 Å². The first kappa shape index (κ1) is 17.5. The summed E-state index contributed by atoms with van der Waals surface area (Å²) < 4.78 is 27.1. The lowest BCUT2D eigenvalue weighted by Gasteiger charge is -2.10. The Morgan fingerprint density at radius 3 is 2.12 bits per heavy atom. The summed E-state index contributed by atoms with van der Waals surface area (Å²) in [7, 11) is -3.92. The van der Waals surface area contributed by atoms with Gasteiger partial charge in [-0.25, -0.2) is 13.2 Å². The third kappa shape index (κ3) is 4.11. The van der Waals surface area contributed by atoms with E-state index in [1.54, 1.807) is 19.1 Å². The van der Waals surface area contributed by atoms with E-state index in [9.17, 15) is 18.0 Å². The van der Waals surface area contributed by atoms with Gasteiger partial charge >= 0.3 is 5.97 Å². The van der Waals surface area contributed by atoms with E-state index < -0.39 is 16.0 Å². The molecule has 0 spiro atoms. The van der Waals surface area contributed by atoms with Crippen LogP contribution in [0.3, 0.4) is 0 Å². The van der Waals surface area contributed by atoms with E-state index in [1.807, 2.05) is 0 Å². The third-order valence-electron chi connectivity index (χ3n) is 3.21. The van der Waals surface area contributed by atoms with Crippen molar-refractivity contribution in [2.75, 3.05) is 10.0 Å². The van der Waals surface area contributed by atoms with Crippen molar-refractivity contribution in [3.8, 4) is 0 Å². The van der Waals surface area contributed by atoms with Crippen LogP contribution in [0, 0.1) is 6.92 Å². The molecule has 0 saturated heterocycles. The van der Waals surface area contributed by atoms with Gasteiger partial charge in [-0.3, -0.25) is 9.52 Å². The summed E-state index contributed by atoms with van der Waals surface area (Å²) in [6.07, 6.45) is 0. The first-order chi connectivity index (χ1) is 11.2. The smallest absolute Gasteiger partial charge is 0.335 e. The molecule has 0 aliphatic rings. The molecule has 0 unspecified atom stereocenters. The first-order valence-electron chi connectivity index (χ1n) is 6.93. The summed E-state index contributed by atoms with van der Waals surface area (Å²) in [6.45, 7) is 2.96. The molecule has 3 N–H and O–H groups in total. The summed E-state index contributed by atoms with van der Waals surface area (Å²) in [6, 6.07) is 10.00. The van der Waals surface area contributed by atoms with Crippen LogP contribution in [0.2, 0.25) is 0 Å². The number of hydrogen-bond acceptors (Lipinski definition) is 4.